The molecule has 2 aromatic heterocycles. The van der Waals surface area contributed by atoms with Crippen molar-refractivity contribution in [1.29, 1.82) is 5.26 Å². The van der Waals surface area contributed by atoms with Gasteiger partial charge in [-0.05, 0) is 65.2 Å². The van der Waals surface area contributed by atoms with E-state index in [2.05, 4.69) is 141 Å². The van der Waals surface area contributed by atoms with Crippen molar-refractivity contribution in [2.24, 2.45) is 0 Å². The van der Waals surface area contributed by atoms with Gasteiger partial charge in [0.15, 0.2) is 5.69 Å². The van der Waals surface area contributed by atoms with Gasteiger partial charge in [0, 0.05) is 32.8 Å². The van der Waals surface area contributed by atoms with E-state index >= 15 is 0 Å². The zero-order chi connectivity index (χ0) is 32.2. The Morgan fingerprint density at radius 2 is 0.958 bits per heavy atom. The molecule has 4 nitrogen and oxygen atoms in total. The zero-order valence-corrected chi connectivity index (χ0v) is 25.8. The highest BCUT2D eigenvalue weighted by molar-refractivity contribution is 6.10. The maximum atomic E-state index is 10.2. The van der Waals surface area contributed by atoms with E-state index in [-0.39, 0.29) is 0 Å². The summed E-state index contributed by atoms with van der Waals surface area (Å²) in [5.74, 6) is 0. The van der Waals surface area contributed by atoms with Crippen LogP contribution in [0.3, 0.4) is 0 Å². The summed E-state index contributed by atoms with van der Waals surface area (Å²) in [6.45, 7) is 7.82. The van der Waals surface area contributed by atoms with Gasteiger partial charge in [0.25, 0.3) is 0 Å². The summed E-state index contributed by atoms with van der Waals surface area (Å²) in [6, 6.07) is 56.7. The maximum absolute atomic E-state index is 10.2. The van der Waals surface area contributed by atoms with Gasteiger partial charge in [-0.1, -0.05) is 109 Å². The number of rotatable bonds is 4. The van der Waals surface area contributed by atoms with Crippen molar-refractivity contribution in [2.45, 2.75) is 0 Å². The summed E-state index contributed by atoms with van der Waals surface area (Å²) in [5.41, 5.74) is 11.5. The molecule has 0 atom stereocenters. The zero-order valence-electron chi connectivity index (χ0n) is 25.8. The fourth-order valence-corrected chi connectivity index (χ4v) is 7.24. The number of para-hydroxylation sites is 4. The molecule has 7 aromatic carbocycles. The minimum atomic E-state index is 0.592. The van der Waals surface area contributed by atoms with Gasteiger partial charge in [-0.3, -0.25) is 0 Å². The third-order valence-corrected chi connectivity index (χ3v) is 9.38. The lowest BCUT2D eigenvalue weighted by Gasteiger charge is -2.16. The van der Waals surface area contributed by atoms with Crippen molar-refractivity contribution < 1.29 is 0 Å². The van der Waals surface area contributed by atoms with Crippen LogP contribution in [0.5, 0.6) is 0 Å². The lowest BCUT2D eigenvalue weighted by Crippen LogP contribution is -1.99. The van der Waals surface area contributed by atoms with Crippen LogP contribution < -0.4 is 0 Å². The van der Waals surface area contributed by atoms with E-state index in [1.807, 2.05) is 36.4 Å². The molecule has 0 aliphatic heterocycles. The van der Waals surface area contributed by atoms with Crippen LogP contribution in [0, 0.1) is 17.9 Å². The van der Waals surface area contributed by atoms with Crippen LogP contribution in [0.15, 0.2) is 158 Å². The highest BCUT2D eigenvalue weighted by Crippen LogP contribution is 2.40. The Morgan fingerprint density at radius 1 is 0.458 bits per heavy atom. The van der Waals surface area contributed by atoms with Crippen LogP contribution in [-0.2, 0) is 0 Å². The molecule has 0 saturated heterocycles. The number of nitrogens with zero attached hydrogens (tertiary/aromatic N) is 4. The fourth-order valence-electron chi connectivity index (χ4n) is 7.24. The molecule has 9 aromatic rings. The lowest BCUT2D eigenvalue weighted by atomic mass is 9.96. The van der Waals surface area contributed by atoms with Crippen LogP contribution in [-0.4, -0.2) is 9.13 Å². The number of hydrogen-bond donors (Lipinski definition) is 0. The molecule has 9 rings (SSSR count). The first-order valence-corrected chi connectivity index (χ1v) is 15.9. The van der Waals surface area contributed by atoms with Gasteiger partial charge in [0.05, 0.1) is 39.9 Å². The minimum Gasteiger partial charge on any atom is -0.310 e. The molecule has 48 heavy (non-hydrogen) atoms. The largest absolute Gasteiger partial charge is 0.310 e. The smallest absolute Gasteiger partial charge is 0.189 e. The topological polar surface area (TPSA) is 38.0 Å². The highest BCUT2D eigenvalue weighted by Gasteiger charge is 2.18. The summed E-state index contributed by atoms with van der Waals surface area (Å²) >= 11 is 0. The predicted octanol–water partition coefficient (Wildman–Crippen LogP) is 11.6. The van der Waals surface area contributed by atoms with Crippen LogP contribution in [0.4, 0.5) is 5.69 Å². The molecule has 0 N–H and O–H groups in total. The Balaban J connectivity index is 1.25. The van der Waals surface area contributed by atoms with Crippen molar-refractivity contribution in [3.63, 3.8) is 0 Å². The fraction of sp³-hybridized carbons (Fsp3) is 0. The Bertz CT molecular complexity index is 2710. The second-order valence-electron chi connectivity index (χ2n) is 12.0. The lowest BCUT2D eigenvalue weighted by molar-refractivity contribution is 1.17. The molecule has 2 heterocycles. The summed E-state index contributed by atoms with van der Waals surface area (Å²) < 4.78 is 4.49. The number of fused-ring (bicyclic) bond motifs is 6. The number of benzene rings is 7. The molecule has 0 fully saturated rings. The van der Waals surface area contributed by atoms with Gasteiger partial charge in [-0.2, -0.15) is 5.26 Å². The quantitative estimate of drug-likeness (QED) is 0.183. The van der Waals surface area contributed by atoms with E-state index in [0.717, 1.165) is 66.5 Å². The van der Waals surface area contributed by atoms with Crippen LogP contribution in [0.25, 0.3) is 82.1 Å². The molecule has 222 valence electrons. The van der Waals surface area contributed by atoms with E-state index in [1.54, 1.807) is 0 Å². The van der Waals surface area contributed by atoms with E-state index < -0.39 is 0 Å². The monoisotopic (exact) mass is 610 g/mol. The second-order valence-corrected chi connectivity index (χ2v) is 12.0. The van der Waals surface area contributed by atoms with Crippen molar-refractivity contribution in [3.05, 3.63) is 175 Å². The van der Waals surface area contributed by atoms with Crippen molar-refractivity contribution in [2.75, 3.05) is 0 Å². The summed E-state index contributed by atoms with van der Waals surface area (Å²) in [5, 5.41) is 14.9. The Labute approximate surface area is 277 Å². The molecule has 4 heteroatoms. The summed E-state index contributed by atoms with van der Waals surface area (Å²) in [4.78, 5) is 3.80. The molecule has 0 aliphatic carbocycles. The van der Waals surface area contributed by atoms with Crippen LogP contribution >= 0.6 is 0 Å². The average Bonchev–Trinajstić information content (AvgIpc) is 3.67. The summed E-state index contributed by atoms with van der Waals surface area (Å²) in [7, 11) is 0. The third kappa shape index (κ3) is 4.14. The van der Waals surface area contributed by atoms with Gasteiger partial charge in [0.2, 0.25) is 0 Å². The normalized spacial score (nSPS) is 11.3. The molecule has 0 bridgehead atoms. The first-order valence-electron chi connectivity index (χ1n) is 15.9. The summed E-state index contributed by atoms with van der Waals surface area (Å²) in [6.07, 6.45) is 0. The third-order valence-electron chi connectivity index (χ3n) is 9.38. The van der Waals surface area contributed by atoms with Gasteiger partial charge in [0.1, 0.15) is 6.07 Å². The predicted molar refractivity (Wildman–Crippen MR) is 197 cm³/mol. The molecule has 0 unspecified atom stereocenters. The van der Waals surface area contributed by atoms with Crippen LogP contribution in [0.1, 0.15) is 5.56 Å². The molecular formula is C44H26N4. The van der Waals surface area contributed by atoms with Crippen molar-refractivity contribution >= 4 is 49.3 Å². The Morgan fingerprint density at radius 3 is 1.50 bits per heavy atom. The van der Waals surface area contributed by atoms with Crippen LogP contribution in [0.2, 0.25) is 0 Å². The van der Waals surface area contributed by atoms with Crippen molar-refractivity contribution in [1.82, 2.24) is 9.13 Å². The first kappa shape index (κ1) is 27.4. The standard InChI is InChI=1S/C44H26N4/c1-46-33-23-24-34(44(27-33)48-41-19-8-4-15-37(41)38-16-5-9-20-42(38)48)31-12-10-11-29(25-31)30-21-22-32(28-45)43(26-30)47-39-17-6-2-13-35(39)36-14-3-7-18-40(36)47/h2-27H. The van der Waals surface area contributed by atoms with E-state index in [4.69, 9.17) is 6.57 Å². The molecule has 0 spiro atoms. The maximum Gasteiger partial charge on any atom is 0.189 e. The van der Waals surface area contributed by atoms with Gasteiger partial charge >= 0.3 is 0 Å². The minimum absolute atomic E-state index is 0.592. The first-order chi connectivity index (χ1) is 23.7. The van der Waals surface area contributed by atoms with Gasteiger partial charge in [-0.25, -0.2) is 4.85 Å². The molecule has 0 amide bonds. The number of aromatic nitrogens is 2. The molecule has 0 aliphatic rings. The highest BCUT2D eigenvalue weighted by atomic mass is 15.0. The van der Waals surface area contributed by atoms with E-state index in [9.17, 15) is 5.26 Å². The SMILES string of the molecule is [C-]#[N+]c1ccc(-c2cccc(-c3ccc(C#N)c(-n4c5ccccc5c5ccccc54)c3)c2)c(-n2c3ccccc3c3ccccc32)c1. The Hall–Kier alpha value is -6.88. The number of hydrogen-bond acceptors (Lipinski definition) is 1. The van der Waals surface area contributed by atoms with Gasteiger partial charge < -0.3 is 9.13 Å². The van der Waals surface area contributed by atoms with Gasteiger partial charge in [-0.15, -0.1) is 0 Å². The molecule has 0 radical (unpaired) electrons. The Kier molecular flexibility index (Phi) is 6.22. The second kappa shape index (κ2) is 10.9. The number of nitriles is 1. The molecular weight excluding hydrogens is 585 g/mol. The van der Waals surface area contributed by atoms with E-state index in [0.29, 0.717) is 11.3 Å². The molecule has 0 saturated carbocycles. The van der Waals surface area contributed by atoms with Crippen molar-refractivity contribution in [3.8, 4) is 39.7 Å². The van der Waals surface area contributed by atoms with E-state index in [1.165, 1.54) is 10.8 Å². The average molecular weight is 611 g/mol.